The Kier molecular flexibility index (Phi) is 6.03. The molecule has 0 unspecified atom stereocenters. The van der Waals surface area contributed by atoms with Crippen LogP contribution in [0.2, 0.25) is 0 Å². The second-order valence-electron chi connectivity index (χ2n) is 5.60. The lowest BCUT2D eigenvalue weighted by Gasteiger charge is -2.23. The van der Waals surface area contributed by atoms with E-state index in [1.807, 2.05) is 37.3 Å². The van der Waals surface area contributed by atoms with Crippen LogP contribution in [-0.4, -0.2) is 25.5 Å². The Morgan fingerprint density at radius 1 is 1.17 bits per heavy atom. The molecule has 122 valence electrons. The summed E-state index contributed by atoms with van der Waals surface area (Å²) in [6.07, 6.45) is 0.899. The number of benzene rings is 2. The van der Waals surface area contributed by atoms with Gasteiger partial charge in [-0.2, -0.15) is 0 Å². The lowest BCUT2D eigenvalue weighted by atomic mass is 10.1. The number of aryl methyl sites for hydroxylation is 1. The van der Waals surface area contributed by atoms with Gasteiger partial charge < -0.3 is 16.0 Å². The minimum absolute atomic E-state index is 0.0578. The second kappa shape index (κ2) is 8.22. The number of amides is 1. The first-order valence-electron chi connectivity index (χ1n) is 8.06. The molecule has 0 aliphatic heterocycles. The standard InChI is InChI=1S/C19H25N3O/c1-3-22(17-8-5-4-6-9-17)13-7-12-21-19(23)18-14-16(20)11-10-15(18)2/h4-6,8-11,14H,3,7,12-13,20H2,1-2H3,(H,21,23). The monoisotopic (exact) mass is 311 g/mol. The Hall–Kier alpha value is -2.49. The third kappa shape index (κ3) is 4.74. The van der Waals surface area contributed by atoms with E-state index in [-0.39, 0.29) is 5.91 Å². The average Bonchev–Trinajstić information content (AvgIpc) is 2.57. The van der Waals surface area contributed by atoms with Gasteiger partial charge >= 0.3 is 0 Å². The summed E-state index contributed by atoms with van der Waals surface area (Å²) in [6.45, 7) is 6.57. The van der Waals surface area contributed by atoms with Crippen LogP contribution in [0, 0.1) is 6.92 Å². The van der Waals surface area contributed by atoms with E-state index in [1.165, 1.54) is 5.69 Å². The average molecular weight is 311 g/mol. The molecule has 4 nitrogen and oxygen atoms in total. The topological polar surface area (TPSA) is 58.4 Å². The highest BCUT2D eigenvalue weighted by Crippen LogP contribution is 2.14. The van der Waals surface area contributed by atoms with Crippen LogP contribution >= 0.6 is 0 Å². The predicted octanol–water partition coefficient (Wildman–Crippen LogP) is 3.22. The lowest BCUT2D eigenvalue weighted by Crippen LogP contribution is -2.30. The van der Waals surface area contributed by atoms with Crippen LogP contribution in [0.4, 0.5) is 11.4 Å². The fourth-order valence-corrected chi connectivity index (χ4v) is 2.56. The van der Waals surface area contributed by atoms with Crippen molar-refractivity contribution in [2.75, 3.05) is 30.3 Å². The summed E-state index contributed by atoms with van der Waals surface area (Å²) in [4.78, 5) is 14.5. The molecule has 0 heterocycles. The number of carbonyl (C=O) groups is 1. The van der Waals surface area contributed by atoms with Crippen LogP contribution < -0.4 is 16.0 Å². The predicted molar refractivity (Wildman–Crippen MR) is 96.9 cm³/mol. The number of nitrogens with two attached hydrogens (primary N) is 1. The molecule has 0 aliphatic carbocycles. The molecule has 4 heteroatoms. The Labute approximate surface area is 138 Å². The van der Waals surface area contributed by atoms with Gasteiger partial charge in [-0.3, -0.25) is 4.79 Å². The molecule has 0 saturated carbocycles. The van der Waals surface area contributed by atoms with E-state index in [0.717, 1.165) is 25.1 Å². The number of anilines is 2. The van der Waals surface area contributed by atoms with Gasteiger partial charge in [0, 0.05) is 36.6 Å². The summed E-state index contributed by atoms with van der Waals surface area (Å²) < 4.78 is 0. The molecule has 0 aliphatic rings. The molecule has 2 aromatic carbocycles. The molecule has 23 heavy (non-hydrogen) atoms. The fourth-order valence-electron chi connectivity index (χ4n) is 2.56. The first kappa shape index (κ1) is 16.9. The molecular weight excluding hydrogens is 286 g/mol. The van der Waals surface area contributed by atoms with Gasteiger partial charge in [0.1, 0.15) is 0 Å². The van der Waals surface area contributed by atoms with Gasteiger partial charge in [-0.1, -0.05) is 24.3 Å². The Balaban J connectivity index is 1.82. The first-order chi connectivity index (χ1) is 11.1. The number of para-hydroxylation sites is 1. The molecule has 3 N–H and O–H groups in total. The summed E-state index contributed by atoms with van der Waals surface area (Å²) in [5.41, 5.74) is 9.18. The smallest absolute Gasteiger partial charge is 0.251 e. The van der Waals surface area contributed by atoms with Gasteiger partial charge in [0.25, 0.3) is 5.91 Å². The Bertz CT molecular complexity index is 640. The normalized spacial score (nSPS) is 10.3. The van der Waals surface area contributed by atoms with Gasteiger partial charge in [0.05, 0.1) is 0 Å². The number of carbonyl (C=O) groups excluding carboxylic acids is 1. The molecule has 0 aromatic heterocycles. The highest BCUT2D eigenvalue weighted by Gasteiger charge is 2.09. The summed E-state index contributed by atoms with van der Waals surface area (Å²) in [7, 11) is 0. The number of nitrogen functional groups attached to an aromatic ring is 1. The SMILES string of the molecule is CCN(CCCNC(=O)c1cc(N)ccc1C)c1ccccc1. The zero-order valence-corrected chi connectivity index (χ0v) is 13.9. The van der Waals surface area contributed by atoms with Crippen LogP contribution in [0.1, 0.15) is 29.3 Å². The molecule has 0 fully saturated rings. The number of rotatable bonds is 7. The van der Waals surface area contributed by atoms with E-state index in [4.69, 9.17) is 5.73 Å². The van der Waals surface area contributed by atoms with Crippen molar-refractivity contribution in [1.29, 1.82) is 0 Å². The third-order valence-electron chi connectivity index (χ3n) is 3.90. The first-order valence-corrected chi connectivity index (χ1v) is 8.06. The van der Waals surface area contributed by atoms with Crippen LogP contribution in [0.3, 0.4) is 0 Å². The highest BCUT2D eigenvalue weighted by molar-refractivity contribution is 5.96. The molecule has 2 rings (SSSR count). The van der Waals surface area contributed by atoms with Crippen molar-refractivity contribution >= 4 is 17.3 Å². The third-order valence-corrected chi connectivity index (χ3v) is 3.90. The van der Waals surface area contributed by atoms with Crippen molar-refractivity contribution < 1.29 is 4.79 Å². The van der Waals surface area contributed by atoms with Crippen LogP contribution in [0.15, 0.2) is 48.5 Å². The van der Waals surface area contributed by atoms with Crippen molar-refractivity contribution in [3.63, 3.8) is 0 Å². The van der Waals surface area contributed by atoms with Crippen LogP contribution in [-0.2, 0) is 0 Å². The number of nitrogens with zero attached hydrogens (tertiary/aromatic N) is 1. The van der Waals surface area contributed by atoms with E-state index in [0.29, 0.717) is 17.8 Å². The van der Waals surface area contributed by atoms with E-state index in [1.54, 1.807) is 6.07 Å². The van der Waals surface area contributed by atoms with E-state index >= 15 is 0 Å². The maximum Gasteiger partial charge on any atom is 0.251 e. The van der Waals surface area contributed by atoms with E-state index in [2.05, 4.69) is 29.3 Å². The molecule has 0 saturated heterocycles. The molecule has 0 atom stereocenters. The summed E-state index contributed by atoms with van der Waals surface area (Å²) in [6, 6.07) is 15.7. The Morgan fingerprint density at radius 3 is 2.61 bits per heavy atom. The maximum atomic E-state index is 12.2. The van der Waals surface area contributed by atoms with Gasteiger partial charge in [-0.15, -0.1) is 0 Å². The zero-order valence-electron chi connectivity index (χ0n) is 13.9. The number of nitrogens with one attached hydrogen (secondary N) is 1. The molecule has 1 amide bonds. The largest absolute Gasteiger partial charge is 0.399 e. The van der Waals surface area contributed by atoms with Crippen LogP contribution in [0.25, 0.3) is 0 Å². The van der Waals surface area contributed by atoms with E-state index < -0.39 is 0 Å². The van der Waals surface area contributed by atoms with Crippen molar-refractivity contribution in [2.24, 2.45) is 0 Å². The molecular formula is C19H25N3O. The molecule has 2 aromatic rings. The molecule has 0 radical (unpaired) electrons. The van der Waals surface area contributed by atoms with E-state index in [9.17, 15) is 4.79 Å². The van der Waals surface area contributed by atoms with Crippen molar-refractivity contribution in [3.05, 3.63) is 59.7 Å². The summed E-state index contributed by atoms with van der Waals surface area (Å²) in [5, 5.41) is 2.98. The van der Waals surface area contributed by atoms with Crippen molar-refractivity contribution in [1.82, 2.24) is 5.32 Å². The van der Waals surface area contributed by atoms with Crippen LogP contribution in [0.5, 0.6) is 0 Å². The lowest BCUT2D eigenvalue weighted by molar-refractivity contribution is 0.0953. The second-order valence-corrected chi connectivity index (χ2v) is 5.60. The molecule has 0 spiro atoms. The summed E-state index contributed by atoms with van der Waals surface area (Å²) in [5.74, 6) is -0.0578. The Morgan fingerprint density at radius 2 is 1.91 bits per heavy atom. The zero-order chi connectivity index (χ0) is 16.7. The highest BCUT2D eigenvalue weighted by atomic mass is 16.1. The van der Waals surface area contributed by atoms with Gasteiger partial charge in [0.15, 0.2) is 0 Å². The summed E-state index contributed by atoms with van der Waals surface area (Å²) >= 11 is 0. The molecule has 0 bridgehead atoms. The number of hydrogen-bond acceptors (Lipinski definition) is 3. The van der Waals surface area contributed by atoms with Gasteiger partial charge in [-0.05, 0) is 50.1 Å². The van der Waals surface area contributed by atoms with Gasteiger partial charge in [0.2, 0.25) is 0 Å². The van der Waals surface area contributed by atoms with Crippen molar-refractivity contribution in [3.8, 4) is 0 Å². The fraction of sp³-hybridized carbons (Fsp3) is 0.316. The number of hydrogen-bond donors (Lipinski definition) is 2. The van der Waals surface area contributed by atoms with Crippen molar-refractivity contribution in [2.45, 2.75) is 20.3 Å². The minimum atomic E-state index is -0.0578. The minimum Gasteiger partial charge on any atom is -0.399 e. The maximum absolute atomic E-state index is 12.2. The van der Waals surface area contributed by atoms with Gasteiger partial charge in [-0.25, -0.2) is 0 Å². The quantitative estimate of drug-likeness (QED) is 0.610.